The molecule has 1 aliphatic rings. The number of nitrogens with two attached hydrogens (primary N) is 1. The van der Waals surface area contributed by atoms with Gasteiger partial charge in [0.2, 0.25) is 0 Å². The van der Waals surface area contributed by atoms with Gasteiger partial charge in [-0.2, -0.15) is 0 Å². The van der Waals surface area contributed by atoms with Crippen molar-refractivity contribution in [3.63, 3.8) is 0 Å². The molecule has 0 fully saturated rings. The minimum Gasteiger partial charge on any atom is -0.324 e. The summed E-state index contributed by atoms with van der Waals surface area (Å²) in [4.78, 5) is 0. The molecule has 0 saturated heterocycles. The zero-order chi connectivity index (χ0) is 10.1. The lowest BCUT2D eigenvalue weighted by molar-refractivity contribution is 0.623. The Morgan fingerprint density at radius 2 is 2.21 bits per heavy atom. The Bertz CT molecular complexity index is 387. The maximum absolute atomic E-state index is 13.5. The quantitative estimate of drug-likeness (QED) is 0.760. The van der Waals surface area contributed by atoms with Crippen LogP contribution in [-0.4, -0.2) is 6.04 Å². The topological polar surface area (TPSA) is 26.0 Å². The fourth-order valence-electron chi connectivity index (χ4n) is 1.72. The van der Waals surface area contributed by atoms with Crippen molar-refractivity contribution >= 4 is 17.2 Å². The van der Waals surface area contributed by atoms with Gasteiger partial charge in [-0.05, 0) is 30.5 Å². The summed E-state index contributed by atoms with van der Waals surface area (Å²) >= 11 is 5.67. The van der Waals surface area contributed by atoms with E-state index in [2.05, 4.69) is 0 Å². The summed E-state index contributed by atoms with van der Waals surface area (Å²) in [6, 6.07) is 4.81. The van der Waals surface area contributed by atoms with Crippen LogP contribution in [0.3, 0.4) is 0 Å². The second kappa shape index (κ2) is 3.71. The summed E-state index contributed by atoms with van der Waals surface area (Å²) in [5.41, 5.74) is 7.34. The molecular formula is C11H11ClFN. The van der Waals surface area contributed by atoms with E-state index in [0.29, 0.717) is 10.6 Å². The summed E-state index contributed by atoms with van der Waals surface area (Å²) < 4.78 is 13.5. The van der Waals surface area contributed by atoms with Crippen molar-refractivity contribution in [2.24, 2.45) is 5.73 Å². The molecule has 1 aromatic carbocycles. The van der Waals surface area contributed by atoms with Gasteiger partial charge in [-0.15, -0.1) is 0 Å². The van der Waals surface area contributed by atoms with Crippen LogP contribution in [0.5, 0.6) is 0 Å². The van der Waals surface area contributed by atoms with Gasteiger partial charge in [0.15, 0.2) is 0 Å². The normalized spacial score (nSPS) is 21.1. The third-order valence-corrected chi connectivity index (χ3v) is 2.67. The predicted octanol–water partition coefficient (Wildman–Crippen LogP) is 2.98. The van der Waals surface area contributed by atoms with Crippen LogP contribution in [0.25, 0.3) is 5.57 Å². The summed E-state index contributed by atoms with van der Waals surface area (Å²) in [6.45, 7) is 0. The van der Waals surface area contributed by atoms with Crippen LogP contribution in [0.1, 0.15) is 18.4 Å². The molecule has 0 aliphatic heterocycles. The Hall–Kier alpha value is -0.860. The molecule has 0 bridgehead atoms. The lowest BCUT2D eigenvalue weighted by Crippen LogP contribution is -2.11. The number of hydrogen-bond donors (Lipinski definition) is 1. The van der Waals surface area contributed by atoms with Gasteiger partial charge in [0.05, 0.1) is 0 Å². The average molecular weight is 212 g/mol. The Morgan fingerprint density at radius 3 is 2.79 bits per heavy atom. The molecule has 0 heterocycles. The Balaban J connectivity index is 2.37. The van der Waals surface area contributed by atoms with Crippen molar-refractivity contribution < 1.29 is 4.39 Å². The first-order valence-corrected chi connectivity index (χ1v) is 4.96. The minimum absolute atomic E-state index is 0.0695. The van der Waals surface area contributed by atoms with E-state index in [-0.39, 0.29) is 11.9 Å². The number of allylic oxidation sites excluding steroid dienone is 1. The van der Waals surface area contributed by atoms with Gasteiger partial charge in [0.25, 0.3) is 0 Å². The number of rotatable bonds is 1. The van der Waals surface area contributed by atoms with E-state index < -0.39 is 0 Å². The summed E-state index contributed by atoms with van der Waals surface area (Å²) in [7, 11) is 0. The summed E-state index contributed by atoms with van der Waals surface area (Å²) in [5, 5.41) is 0.425. The van der Waals surface area contributed by atoms with Crippen LogP contribution in [0.15, 0.2) is 24.3 Å². The number of halogens is 2. The average Bonchev–Trinajstić information content (AvgIpc) is 2.51. The third kappa shape index (κ3) is 1.81. The first-order valence-electron chi connectivity index (χ1n) is 4.58. The van der Waals surface area contributed by atoms with Gasteiger partial charge >= 0.3 is 0 Å². The van der Waals surface area contributed by atoms with Crippen LogP contribution in [0.4, 0.5) is 4.39 Å². The standard InChI is InChI=1S/C11H11ClFN/c12-8-2-4-10(11(13)6-8)7-1-3-9(14)5-7/h2,4-6,9H,1,3,14H2. The predicted molar refractivity (Wildman–Crippen MR) is 56.6 cm³/mol. The van der Waals surface area contributed by atoms with E-state index in [1.807, 2.05) is 6.08 Å². The highest BCUT2D eigenvalue weighted by molar-refractivity contribution is 6.30. The molecule has 2 rings (SSSR count). The highest BCUT2D eigenvalue weighted by atomic mass is 35.5. The van der Waals surface area contributed by atoms with Crippen LogP contribution in [-0.2, 0) is 0 Å². The van der Waals surface area contributed by atoms with E-state index in [1.165, 1.54) is 6.07 Å². The molecule has 1 atom stereocenters. The number of benzene rings is 1. The van der Waals surface area contributed by atoms with Crippen molar-refractivity contribution in [1.29, 1.82) is 0 Å². The number of hydrogen-bond acceptors (Lipinski definition) is 1. The van der Waals surface area contributed by atoms with Crippen LogP contribution < -0.4 is 5.73 Å². The lowest BCUT2D eigenvalue weighted by atomic mass is 10.1. The van der Waals surface area contributed by atoms with Gasteiger partial charge in [-0.1, -0.05) is 23.7 Å². The highest BCUT2D eigenvalue weighted by Crippen LogP contribution is 2.29. The van der Waals surface area contributed by atoms with E-state index >= 15 is 0 Å². The third-order valence-electron chi connectivity index (χ3n) is 2.44. The van der Waals surface area contributed by atoms with E-state index in [0.717, 1.165) is 18.4 Å². The van der Waals surface area contributed by atoms with E-state index in [9.17, 15) is 4.39 Å². The maximum Gasteiger partial charge on any atom is 0.132 e. The lowest BCUT2D eigenvalue weighted by Gasteiger charge is -2.03. The maximum atomic E-state index is 13.5. The van der Waals surface area contributed by atoms with Crippen molar-refractivity contribution in [1.82, 2.24) is 0 Å². The molecule has 1 unspecified atom stereocenters. The fourth-order valence-corrected chi connectivity index (χ4v) is 1.88. The molecule has 0 radical (unpaired) electrons. The largest absolute Gasteiger partial charge is 0.324 e. The SMILES string of the molecule is NC1C=C(c2ccc(Cl)cc2F)CC1. The molecule has 0 spiro atoms. The first kappa shape index (κ1) is 9.69. The zero-order valence-electron chi connectivity index (χ0n) is 7.63. The Labute approximate surface area is 87.4 Å². The second-order valence-electron chi connectivity index (χ2n) is 3.52. The van der Waals surface area contributed by atoms with Gasteiger partial charge in [-0.3, -0.25) is 0 Å². The van der Waals surface area contributed by atoms with Crippen molar-refractivity contribution in [3.05, 3.63) is 40.7 Å². The van der Waals surface area contributed by atoms with Crippen LogP contribution in [0.2, 0.25) is 5.02 Å². The minimum atomic E-state index is -0.266. The van der Waals surface area contributed by atoms with Gasteiger partial charge in [0.1, 0.15) is 5.82 Å². The molecule has 3 heteroatoms. The molecule has 2 N–H and O–H groups in total. The van der Waals surface area contributed by atoms with Crippen molar-refractivity contribution in [2.75, 3.05) is 0 Å². The van der Waals surface area contributed by atoms with Gasteiger partial charge in [0, 0.05) is 16.6 Å². The molecule has 74 valence electrons. The molecule has 0 aromatic heterocycles. The first-order chi connectivity index (χ1) is 6.66. The second-order valence-corrected chi connectivity index (χ2v) is 3.96. The Kier molecular flexibility index (Phi) is 2.57. The van der Waals surface area contributed by atoms with Gasteiger partial charge in [-0.25, -0.2) is 4.39 Å². The zero-order valence-corrected chi connectivity index (χ0v) is 8.39. The van der Waals surface area contributed by atoms with Crippen LogP contribution in [0, 0.1) is 5.82 Å². The molecule has 0 amide bonds. The molecule has 1 aliphatic carbocycles. The van der Waals surface area contributed by atoms with E-state index in [4.69, 9.17) is 17.3 Å². The monoisotopic (exact) mass is 211 g/mol. The highest BCUT2D eigenvalue weighted by Gasteiger charge is 2.16. The van der Waals surface area contributed by atoms with Crippen molar-refractivity contribution in [2.45, 2.75) is 18.9 Å². The molecule has 1 aromatic rings. The summed E-state index contributed by atoms with van der Waals surface area (Å²) in [5.74, 6) is -0.266. The molecule has 1 nitrogen and oxygen atoms in total. The van der Waals surface area contributed by atoms with E-state index in [1.54, 1.807) is 12.1 Å². The Morgan fingerprint density at radius 1 is 1.43 bits per heavy atom. The molecule has 14 heavy (non-hydrogen) atoms. The molecule has 0 saturated carbocycles. The fraction of sp³-hybridized carbons (Fsp3) is 0.273. The smallest absolute Gasteiger partial charge is 0.132 e. The van der Waals surface area contributed by atoms with Crippen molar-refractivity contribution in [3.8, 4) is 0 Å². The molecular weight excluding hydrogens is 201 g/mol. The van der Waals surface area contributed by atoms with Gasteiger partial charge < -0.3 is 5.73 Å². The summed E-state index contributed by atoms with van der Waals surface area (Å²) in [6.07, 6.45) is 3.67. The van der Waals surface area contributed by atoms with Crippen LogP contribution >= 0.6 is 11.6 Å².